The molecule has 29 heavy (non-hydrogen) atoms. The molecule has 1 aliphatic rings. The first kappa shape index (κ1) is 21.5. The number of nitrogens with one attached hydrogen (secondary N) is 1. The highest BCUT2D eigenvalue weighted by molar-refractivity contribution is 7.89. The van der Waals surface area contributed by atoms with Gasteiger partial charge in [0.15, 0.2) is 0 Å². The van der Waals surface area contributed by atoms with Gasteiger partial charge in [-0.1, -0.05) is 6.07 Å². The first-order valence-corrected chi connectivity index (χ1v) is 11.5. The Balaban J connectivity index is 1.61. The Hall–Kier alpha value is -2.25. The summed E-state index contributed by atoms with van der Waals surface area (Å²) in [4.78, 5) is 18.7. The number of hydrogen-bond donors (Lipinski definition) is 1. The Bertz CT molecular complexity index is 969. The molecule has 1 aromatic carbocycles. The smallest absolute Gasteiger partial charge is 0.255 e. The molecule has 1 N–H and O–H groups in total. The van der Waals surface area contributed by atoms with Crippen molar-refractivity contribution in [2.24, 2.45) is 5.92 Å². The van der Waals surface area contributed by atoms with Crippen molar-refractivity contribution in [3.8, 4) is 0 Å². The zero-order chi connectivity index (χ0) is 21.2. The van der Waals surface area contributed by atoms with Crippen LogP contribution in [0.4, 0.5) is 0 Å². The molecule has 0 aliphatic carbocycles. The van der Waals surface area contributed by atoms with Crippen LogP contribution in [0.2, 0.25) is 0 Å². The van der Waals surface area contributed by atoms with Crippen LogP contribution in [0.3, 0.4) is 0 Å². The van der Waals surface area contributed by atoms with Crippen molar-refractivity contribution in [2.75, 3.05) is 19.6 Å². The summed E-state index contributed by atoms with van der Waals surface area (Å²) >= 11 is 0. The minimum Gasteiger partial charge on any atom is -0.339 e. The number of likely N-dealkylation sites (tertiary alicyclic amines) is 1. The van der Waals surface area contributed by atoms with E-state index in [0.29, 0.717) is 30.1 Å². The van der Waals surface area contributed by atoms with Gasteiger partial charge in [0, 0.05) is 32.0 Å². The first-order chi connectivity index (χ1) is 13.7. The van der Waals surface area contributed by atoms with E-state index in [1.165, 1.54) is 0 Å². The highest BCUT2D eigenvalue weighted by Crippen LogP contribution is 2.26. The second kappa shape index (κ2) is 8.63. The zero-order valence-electron chi connectivity index (χ0n) is 17.5. The minimum absolute atomic E-state index is 0.0152. The number of carbonyl (C=O) groups excluding carboxylic acids is 1. The van der Waals surface area contributed by atoms with Gasteiger partial charge in [-0.25, -0.2) is 13.1 Å². The normalized spacial score (nSPS) is 15.5. The van der Waals surface area contributed by atoms with E-state index in [0.717, 1.165) is 35.1 Å². The highest BCUT2D eigenvalue weighted by Gasteiger charge is 2.27. The molecule has 2 heterocycles. The summed E-state index contributed by atoms with van der Waals surface area (Å²) in [6.45, 7) is 9.25. The third-order valence-corrected chi connectivity index (χ3v) is 7.63. The van der Waals surface area contributed by atoms with Gasteiger partial charge in [0.1, 0.15) is 0 Å². The van der Waals surface area contributed by atoms with Gasteiger partial charge >= 0.3 is 0 Å². The summed E-state index contributed by atoms with van der Waals surface area (Å²) in [5, 5.41) is 0. The standard InChI is InChI=1S/C22H29N3O3S/c1-15-12-16(2)18(4)21(17(15)3)29(27,28)24-13-19-7-10-25(11-8-19)22(26)20-6-5-9-23-14-20/h5-6,9,12,14,19,24H,7-8,10-11,13H2,1-4H3. The molecule has 1 saturated heterocycles. The zero-order valence-corrected chi connectivity index (χ0v) is 18.3. The number of piperidine rings is 1. The largest absolute Gasteiger partial charge is 0.339 e. The Morgan fingerprint density at radius 1 is 1.14 bits per heavy atom. The first-order valence-electron chi connectivity index (χ1n) is 9.97. The van der Waals surface area contributed by atoms with Gasteiger partial charge < -0.3 is 4.90 Å². The van der Waals surface area contributed by atoms with Crippen LogP contribution in [0.15, 0.2) is 35.5 Å². The van der Waals surface area contributed by atoms with E-state index in [1.807, 2.05) is 38.7 Å². The summed E-state index contributed by atoms with van der Waals surface area (Å²) in [5.74, 6) is 0.202. The highest BCUT2D eigenvalue weighted by atomic mass is 32.2. The predicted molar refractivity (Wildman–Crippen MR) is 113 cm³/mol. The number of rotatable bonds is 5. The molecular formula is C22H29N3O3S. The van der Waals surface area contributed by atoms with Crippen LogP contribution in [0.5, 0.6) is 0 Å². The van der Waals surface area contributed by atoms with Gasteiger partial charge in [-0.3, -0.25) is 9.78 Å². The van der Waals surface area contributed by atoms with Crippen LogP contribution in [-0.4, -0.2) is 43.8 Å². The molecule has 6 nitrogen and oxygen atoms in total. The van der Waals surface area contributed by atoms with E-state index in [2.05, 4.69) is 9.71 Å². The minimum atomic E-state index is -3.58. The molecule has 1 fully saturated rings. The molecule has 3 rings (SSSR count). The van der Waals surface area contributed by atoms with Gasteiger partial charge in [-0.2, -0.15) is 0 Å². The molecule has 0 atom stereocenters. The molecule has 7 heteroatoms. The van der Waals surface area contributed by atoms with E-state index in [9.17, 15) is 13.2 Å². The van der Waals surface area contributed by atoms with Crippen LogP contribution in [0, 0.1) is 33.6 Å². The van der Waals surface area contributed by atoms with Crippen LogP contribution in [0.25, 0.3) is 0 Å². The molecule has 1 aromatic heterocycles. The number of hydrogen-bond acceptors (Lipinski definition) is 4. The van der Waals surface area contributed by atoms with Crippen molar-refractivity contribution in [3.05, 3.63) is 58.4 Å². The summed E-state index contributed by atoms with van der Waals surface area (Å²) in [5.41, 5.74) is 4.16. The van der Waals surface area contributed by atoms with Gasteiger partial charge in [0.2, 0.25) is 10.0 Å². The number of amides is 1. The van der Waals surface area contributed by atoms with Crippen LogP contribution in [-0.2, 0) is 10.0 Å². The number of aromatic nitrogens is 1. The molecule has 0 spiro atoms. The maximum atomic E-state index is 13.0. The molecule has 1 aliphatic heterocycles. The van der Waals surface area contributed by atoms with Gasteiger partial charge in [-0.15, -0.1) is 0 Å². The van der Waals surface area contributed by atoms with Crippen molar-refractivity contribution in [1.82, 2.24) is 14.6 Å². The predicted octanol–water partition coefficient (Wildman–Crippen LogP) is 3.15. The summed E-state index contributed by atoms with van der Waals surface area (Å²) in [6, 6.07) is 5.55. The van der Waals surface area contributed by atoms with E-state index >= 15 is 0 Å². The lowest BCUT2D eigenvalue weighted by atomic mass is 9.97. The monoisotopic (exact) mass is 415 g/mol. The third kappa shape index (κ3) is 4.67. The van der Waals surface area contributed by atoms with Crippen LogP contribution >= 0.6 is 0 Å². The van der Waals surface area contributed by atoms with Crippen molar-refractivity contribution in [2.45, 2.75) is 45.4 Å². The number of aryl methyl sites for hydroxylation is 2. The molecule has 0 radical (unpaired) electrons. The van der Waals surface area contributed by atoms with E-state index in [4.69, 9.17) is 0 Å². The second-order valence-electron chi connectivity index (χ2n) is 7.92. The molecule has 0 saturated carbocycles. The Kier molecular flexibility index (Phi) is 6.39. The Morgan fingerprint density at radius 3 is 2.31 bits per heavy atom. The van der Waals surface area contributed by atoms with Gasteiger partial charge in [0.25, 0.3) is 5.91 Å². The van der Waals surface area contributed by atoms with Gasteiger partial charge in [-0.05, 0) is 80.8 Å². The van der Waals surface area contributed by atoms with Crippen LogP contribution in [0.1, 0.15) is 45.5 Å². The Labute approximate surface area is 173 Å². The van der Waals surface area contributed by atoms with Crippen molar-refractivity contribution in [1.29, 1.82) is 0 Å². The van der Waals surface area contributed by atoms with Crippen molar-refractivity contribution < 1.29 is 13.2 Å². The number of carbonyl (C=O) groups is 1. The topological polar surface area (TPSA) is 79.4 Å². The number of pyridine rings is 1. The van der Waals surface area contributed by atoms with Crippen molar-refractivity contribution >= 4 is 15.9 Å². The molecule has 2 aromatic rings. The SMILES string of the molecule is Cc1cc(C)c(C)c(S(=O)(=O)NCC2CCN(C(=O)c3cccnc3)CC2)c1C. The fourth-order valence-electron chi connectivity index (χ4n) is 3.90. The fourth-order valence-corrected chi connectivity index (χ4v) is 5.62. The average Bonchev–Trinajstić information content (AvgIpc) is 2.71. The summed E-state index contributed by atoms with van der Waals surface area (Å²) in [6.07, 6.45) is 4.78. The molecule has 0 bridgehead atoms. The summed E-state index contributed by atoms with van der Waals surface area (Å²) in [7, 11) is -3.58. The molecule has 1 amide bonds. The summed E-state index contributed by atoms with van der Waals surface area (Å²) < 4.78 is 28.8. The number of sulfonamides is 1. The van der Waals surface area contributed by atoms with Crippen LogP contribution < -0.4 is 4.72 Å². The lowest BCUT2D eigenvalue weighted by molar-refractivity contribution is 0.0691. The Morgan fingerprint density at radius 2 is 1.76 bits per heavy atom. The molecule has 156 valence electrons. The van der Waals surface area contributed by atoms with Gasteiger partial charge in [0.05, 0.1) is 10.5 Å². The quantitative estimate of drug-likeness (QED) is 0.814. The van der Waals surface area contributed by atoms with E-state index in [-0.39, 0.29) is 11.8 Å². The average molecular weight is 416 g/mol. The lowest BCUT2D eigenvalue weighted by Crippen LogP contribution is -2.41. The molecular weight excluding hydrogens is 386 g/mol. The number of benzene rings is 1. The number of nitrogens with zero attached hydrogens (tertiary/aromatic N) is 2. The maximum absolute atomic E-state index is 13.0. The van der Waals surface area contributed by atoms with Crippen molar-refractivity contribution in [3.63, 3.8) is 0 Å². The fraction of sp³-hybridized carbons (Fsp3) is 0.455. The molecule has 0 unspecified atom stereocenters. The maximum Gasteiger partial charge on any atom is 0.255 e. The second-order valence-corrected chi connectivity index (χ2v) is 9.62. The van der Waals surface area contributed by atoms with E-state index in [1.54, 1.807) is 24.5 Å². The third-order valence-electron chi connectivity index (χ3n) is 5.94. The lowest BCUT2D eigenvalue weighted by Gasteiger charge is -2.32. The van der Waals surface area contributed by atoms with E-state index < -0.39 is 10.0 Å².